The highest BCUT2D eigenvalue weighted by Gasteiger charge is 2.24. The minimum atomic E-state index is -0.691. The Morgan fingerprint density at radius 3 is 2.10 bits per heavy atom. The summed E-state index contributed by atoms with van der Waals surface area (Å²) in [5.41, 5.74) is 2.62. The van der Waals surface area contributed by atoms with E-state index in [1.54, 1.807) is 0 Å². The van der Waals surface area contributed by atoms with Gasteiger partial charge in [-0.2, -0.15) is 0 Å². The van der Waals surface area contributed by atoms with Gasteiger partial charge in [-0.15, -0.1) is 0 Å². The summed E-state index contributed by atoms with van der Waals surface area (Å²) in [6.45, 7) is 6.54. The summed E-state index contributed by atoms with van der Waals surface area (Å²) >= 11 is 0. The van der Waals surface area contributed by atoms with Crippen LogP contribution in [0.15, 0.2) is 24.3 Å². The maximum absolute atomic E-state index is 11.1. The van der Waals surface area contributed by atoms with Crippen LogP contribution in [0.25, 0.3) is 0 Å². The Hall–Kier alpha value is -1.35. The smallest absolute Gasteiger partial charge is 0.304 e. The van der Waals surface area contributed by atoms with Gasteiger partial charge >= 0.3 is 5.97 Å². The zero-order chi connectivity index (χ0) is 15.2. The highest BCUT2D eigenvalue weighted by Crippen LogP contribution is 2.19. The van der Waals surface area contributed by atoms with E-state index in [1.807, 2.05) is 0 Å². The summed E-state index contributed by atoms with van der Waals surface area (Å²) in [6, 6.07) is 8.86. The molecule has 0 spiro atoms. The molecule has 3 heteroatoms. The summed E-state index contributed by atoms with van der Waals surface area (Å²) in [7, 11) is 0. The first-order valence-corrected chi connectivity index (χ1v) is 8.08. The van der Waals surface area contributed by atoms with E-state index in [0.717, 1.165) is 25.9 Å². The van der Waals surface area contributed by atoms with Crippen molar-refractivity contribution < 1.29 is 9.90 Å². The molecule has 1 saturated heterocycles. The number of hydrogen-bond acceptors (Lipinski definition) is 2. The second-order valence-corrected chi connectivity index (χ2v) is 6.61. The lowest BCUT2D eigenvalue weighted by Gasteiger charge is -2.26. The maximum atomic E-state index is 11.1. The van der Waals surface area contributed by atoms with Crippen molar-refractivity contribution >= 4 is 5.97 Å². The third-order valence-electron chi connectivity index (χ3n) is 4.21. The fourth-order valence-corrected chi connectivity index (χ4v) is 3.19. The fraction of sp³-hybridized carbons (Fsp3) is 0.611. The monoisotopic (exact) mass is 289 g/mol. The van der Waals surface area contributed by atoms with Crippen LogP contribution in [0, 0.1) is 5.92 Å². The van der Waals surface area contributed by atoms with E-state index in [0.29, 0.717) is 5.92 Å². The van der Waals surface area contributed by atoms with Gasteiger partial charge in [0.15, 0.2) is 0 Å². The highest BCUT2D eigenvalue weighted by molar-refractivity contribution is 5.67. The summed E-state index contributed by atoms with van der Waals surface area (Å²) < 4.78 is 0. The van der Waals surface area contributed by atoms with Gasteiger partial charge in [-0.1, -0.05) is 38.1 Å². The van der Waals surface area contributed by atoms with E-state index >= 15 is 0 Å². The average molecular weight is 289 g/mol. The van der Waals surface area contributed by atoms with Crippen LogP contribution in [-0.2, 0) is 17.6 Å². The molecule has 0 bridgehead atoms. The van der Waals surface area contributed by atoms with Crippen molar-refractivity contribution in [1.82, 2.24) is 4.90 Å². The van der Waals surface area contributed by atoms with Crippen LogP contribution < -0.4 is 0 Å². The Kier molecular flexibility index (Phi) is 5.80. The van der Waals surface area contributed by atoms with Gasteiger partial charge in [0.2, 0.25) is 0 Å². The topological polar surface area (TPSA) is 40.5 Å². The molecular weight excluding hydrogens is 262 g/mol. The SMILES string of the molecule is CC(C)Cc1ccc(CC(CC(=O)O)N2CCCC2)cc1. The lowest BCUT2D eigenvalue weighted by molar-refractivity contribution is -0.138. The molecule has 3 nitrogen and oxygen atoms in total. The summed E-state index contributed by atoms with van der Waals surface area (Å²) in [5.74, 6) is -0.0245. The van der Waals surface area contributed by atoms with E-state index in [4.69, 9.17) is 5.11 Å². The molecule has 0 aromatic heterocycles. The van der Waals surface area contributed by atoms with Crippen LogP contribution in [0.5, 0.6) is 0 Å². The number of hydrogen-bond donors (Lipinski definition) is 1. The number of rotatable bonds is 7. The van der Waals surface area contributed by atoms with Gasteiger partial charge in [-0.25, -0.2) is 0 Å². The third kappa shape index (κ3) is 5.16. The molecule has 116 valence electrons. The zero-order valence-electron chi connectivity index (χ0n) is 13.2. The summed E-state index contributed by atoms with van der Waals surface area (Å²) in [5, 5.41) is 9.14. The van der Waals surface area contributed by atoms with Crippen LogP contribution in [-0.4, -0.2) is 35.1 Å². The molecule has 0 radical (unpaired) electrons. The first-order chi connectivity index (χ1) is 10.0. The van der Waals surface area contributed by atoms with Crippen LogP contribution in [0.3, 0.4) is 0 Å². The molecule has 0 aliphatic carbocycles. The molecule has 1 aromatic rings. The second kappa shape index (κ2) is 7.60. The molecule has 1 aromatic carbocycles. The van der Waals surface area contributed by atoms with Gasteiger partial charge in [0.1, 0.15) is 0 Å². The number of likely N-dealkylation sites (tertiary alicyclic amines) is 1. The van der Waals surface area contributed by atoms with E-state index in [-0.39, 0.29) is 12.5 Å². The van der Waals surface area contributed by atoms with Gasteiger partial charge in [-0.3, -0.25) is 9.69 Å². The number of carbonyl (C=O) groups is 1. The molecule has 0 saturated carbocycles. The number of aliphatic carboxylic acids is 1. The standard InChI is InChI=1S/C18H27NO2/c1-14(2)11-15-5-7-16(8-6-15)12-17(13-18(20)21)19-9-3-4-10-19/h5-8,14,17H,3-4,9-13H2,1-2H3,(H,20,21). The molecule has 2 rings (SSSR count). The third-order valence-corrected chi connectivity index (χ3v) is 4.21. The minimum Gasteiger partial charge on any atom is -0.481 e. The molecule has 21 heavy (non-hydrogen) atoms. The van der Waals surface area contributed by atoms with Gasteiger partial charge < -0.3 is 5.11 Å². The Morgan fingerprint density at radius 1 is 1.10 bits per heavy atom. The predicted octanol–water partition coefficient (Wildman–Crippen LogP) is 3.37. The average Bonchev–Trinajstić information content (AvgIpc) is 2.93. The summed E-state index contributed by atoms with van der Waals surface area (Å²) in [6.07, 6.45) is 4.58. The van der Waals surface area contributed by atoms with Crippen molar-refractivity contribution in [2.75, 3.05) is 13.1 Å². The van der Waals surface area contributed by atoms with Crippen LogP contribution >= 0.6 is 0 Å². The van der Waals surface area contributed by atoms with Crippen molar-refractivity contribution in [3.05, 3.63) is 35.4 Å². The second-order valence-electron chi connectivity index (χ2n) is 6.61. The summed E-state index contributed by atoms with van der Waals surface area (Å²) in [4.78, 5) is 13.4. The molecule has 1 N–H and O–H groups in total. The quantitative estimate of drug-likeness (QED) is 0.836. The van der Waals surface area contributed by atoms with Crippen molar-refractivity contribution in [2.45, 2.75) is 52.0 Å². The fourth-order valence-electron chi connectivity index (χ4n) is 3.19. The van der Waals surface area contributed by atoms with Crippen LogP contribution in [0.2, 0.25) is 0 Å². The molecule has 0 amide bonds. The predicted molar refractivity (Wildman–Crippen MR) is 85.5 cm³/mol. The molecule has 1 unspecified atom stereocenters. The first-order valence-electron chi connectivity index (χ1n) is 8.08. The maximum Gasteiger partial charge on any atom is 0.304 e. The van der Waals surface area contributed by atoms with E-state index in [1.165, 1.54) is 24.0 Å². The molecule has 1 heterocycles. The normalized spacial score (nSPS) is 17.3. The Balaban J connectivity index is 2.00. The Labute approximate surface area is 128 Å². The lowest BCUT2D eigenvalue weighted by Crippen LogP contribution is -2.36. The number of nitrogens with zero attached hydrogens (tertiary/aromatic N) is 1. The zero-order valence-corrected chi connectivity index (χ0v) is 13.2. The van der Waals surface area contributed by atoms with Gasteiger partial charge in [0, 0.05) is 6.04 Å². The molecule has 1 aliphatic rings. The highest BCUT2D eigenvalue weighted by atomic mass is 16.4. The molecule has 1 aliphatic heterocycles. The van der Waals surface area contributed by atoms with Crippen molar-refractivity contribution in [1.29, 1.82) is 0 Å². The minimum absolute atomic E-state index is 0.140. The van der Waals surface area contributed by atoms with Crippen molar-refractivity contribution in [3.63, 3.8) is 0 Å². The number of carboxylic acid groups (broad SMARTS) is 1. The van der Waals surface area contributed by atoms with Crippen molar-refractivity contribution in [2.24, 2.45) is 5.92 Å². The molecular formula is C18H27NO2. The number of benzene rings is 1. The van der Waals surface area contributed by atoms with Gasteiger partial charge in [0.05, 0.1) is 6.42 Å². The van der Waals surface area contributed by atoms with E-state index in [2.05, 4.69) is 43.0 Å². The van der Waals surface area contributed by atoms with E-state index in [9.17, 15) is 4.79 Å². The Bertz CT molecular complexity index is 447. The number of carboxylic acids is 1. The first kappa shape index (κ1) is 16.0. The molecule has 1 fully saturated rings. The largest absolute Gasteiger partial charge is 0.481 e. The molecule has 1 atom stereocenters. The van der Waals surface area contributed by atoms with Crippen LogP contribution in [0.4, 0.5) is 0 Å². The van der Waals surface area contributed by atoms with Crippen molar-refractivity contribution in [3.8, 4) is 0 Å². The van der Waals surface area contributed by atoms with Crippen LogP contribution in [0.1, 0.15) is 44.2 Å². The van der Waals surface area contributed by atoms with Gasteiger partial charge in [0.25, 0.3) is 0 Å². The van der Waals surface area contributed by atoms with Gasteiger partial charge in [-0.05, 0) is 55.8 Å². The Morgan fingerprint density at radius 2 is 1.62 bits per heavy atom. The lowest BCUT2D eigenvalue weighted by atomic mass is 9.98. The van der Waals surface area contributed by atoms with E-state index < -0.39 is 5.97 Å².